The van der Waals surface area contributed by atoms with Gasteiger partial charge in [0.25, 0.3) is 0 Å². The topological polar surface area (TPSA) is 52.7 Å². The van der Waals surface area contributed by atoms with Crippen LogP contribution in [0.25, 0.3) is 0 Å². The molecule has 0 saturated carbocycles. The molecular formula is C13H29N3O. The minimum atomic E-state index is -0.413. The summed E-state index contributed by atoms with van der Waals surface area (Å²) in [6.45, 7) is 9.93. The molecule has 1 fully saturated rings. The number of nitrogens with two attached hydrogens (primary N) is 1. The van der Waals surface area contributed by atoms with Crippen LogP contribution in [0.2, 0.25) is 0 Å². The summed E-state index contributed by atoms with van der Waals surface area (Å²) in [7, 11) is 2.20. The molecule has 3 atom stereocenters. The Morgan fingerprint density at radius 2 is 1.82 bits per heavy atom. The second-order valence-corrected chi connectivity index (χ2v) is 6.04. The van der Waals surface area contributed by atoms with Gasteiger partial charge in [-0.3, -0.25) is 4.90 Å². The highest BCUT2D eigenvalue weighted by Gasteiger charge is 2.26. The van der Waals surface area contributed by atoms with Crippen molar-refractivity contribution >= 4 is 0 Å². The van der Waals surface area contributed by atoms with E-state index in [0.717, 1.165) is 32.5 Å². The van der Waals surface area contributed by atoms with Crippen LogP contribution in [0.15, 0.2) is 0 Å². The minimum Gasteiger partial charge on any atom is -0.394 e. The summed E-state index contributed by atoms with van der Waals surface area (Å²) in [4.78, 5) is 4.96. The van der Waals surface area contributed by atoms with Crippen molar-refractivity contribution in [3.8, 4) is 0 Å². The molecule has 0 bridgehead atoms. The Labute approximate surface area is 106 Å². The van der Waals surface area contributed by atoms with Gasteiger partial charge in [-0.2, -0.15) is 0 Å². The van der Waals surface area contributed by atoms with E-state index in [1.807, 2.05) is 6.92 Å². The molecule has 4 heteroatoms. The van der Waals surface area contributed by atoms with Gasteiger partial charge >= 0.3 is 0 Å². The summed E-state index contributed by atoms with van der Waals surface area (Å²) in [5.41, 5.74) is 5.52. The maximum atomic E-state index is 9.10. The molecule has 3 N–H and O–H groups in total. The quantitative estimate of drug-likeness (QED) is 0.738. The van der Waals surface area contributed by atoms with Gasteiger partial charge in [-0.15, -0.1) is 0 Å². The standard InChI is InChI=1S/C13H29N3O/c1-11-8-16(9-12(2)15(11)4)7-5-6-13(3,14)10-17/h11-12,17H,5-10,14H2,1-4H3. The summed E-state index contributed by atoms with van der Waals surface area (Å²) in [6.07, 6.45) is 1.95. The van der Waals surface area contributed by atoms with Crippen molar-refractivity contribution < 1.29 is 5.11 Å². The average molecular weight is 243 g/mol. The van der Waals surface area contributed by atoms with E-state index in [2.05, 4.69) is 30.7 Å². The van der Waals surface area contributed by atoms with E-state index in [-0.39, 0.29) is 6.61 Å². The van der Waals surface area contributed by atoms with Crippen molar-refractivity contribution in [2.24, 2.45) is 5.73 Å². The fraction of sp³-hybridized carbons (Fsp3) is 1.00. The molecule has 1 heterocycles. The third kappa shape index (κ3) is 4.54. The summed E-state index contributed by atoms with van der Waals surface area (Å²) < 4.78 is 0. The Morgan fingerprint density at radius 3 is 2.29 bits per heavy atom. The molecule has 1 aliphatic rings. The summed E-state index contributed by atoms with van der Waals surface area (Å²) >= 11 is 0. The van der Waals surface area contributed by atoms with E-state index in [1.54, 1.807) is 0 Å². The van der Waals surface area contributed by atoms with Gasteiger partial charge in [-0.05, 0) is 47.2 Å². The van der Waals surface area contributed by atoms with Gasteiger partial charge in [0.2, 0.25) is 0 Å². The zero-order chi connectivity index (χ0) is 13.1. The van der Waals surface area contributed by atoms with E-state index in [0.29, 0.717) is 12.1 Å². The lowest BCUT2D eigenvalue weighted by atomic mass is 9.98. The van der Waals surface area contributed by atoms with E-state index in [9.17, 15) is 0 Å². The van der Waals surface area contributed by atoms with Crippen molar-refractivity contribution in [2.75, 3.05) is 33.3 Å². The Morgan fingerprint density at radius 1 is 1.29 bits per heavy atom. The van der Waals surface area contributed by atoms with E-state index >= 15 is 0 Å². The molecule has 0 radical (unpaired) electrons. The van der Waals surface area contributed by atoms with E-state index in [1.165, 1.54) is 0 Å². The van der Waals surface area contributed by atoms with Crippen LogP contribution in [-0.4, -0.2) is 65.8 Å². The molecular weight excluding hydrogens is 214 g/mol. The van der Waals surface area contributed by atoms with Crippen LogP contribution in [0.3, 0.4) is 0 Å². The normalized spacial score (nSPS) is 31.4. The van der Waals surface area contributed by atoms with Crippen molar-refractivity contribution in [3.05, 3.63) is 0 Å². The highest BCUT2D eigenvalue weighted by Crippen LogP contribution is 2.15. The molecule has 4 nitrogen and oxygen atoms in total. The molecule has 0 spiro atoms. The summed E-state index contributed by atoms with van der Waals surface area (Å²) in [5.74, 6) is 0. The maximum Gasteiger partial charge on any atom is 0.0608 e. The van der Waals surface area contributed by atoms with Crippen LogP contribution in [0.1, 0.15) is 33.6 Å². The van der Waals surface area contributed by atoms with Gasteiger partial charge < -0.3 is 15.7 Å². The molecule has 1 rings (SSSR count). The van der Waals surface area contributed by atoms with Gasteiger partial charge in [-0.25, -0.2) is 0 Å². The third-order valence-corrected chi connectivity index (χ3v) is 4.02. The van der Waals surface area contributed by atoms with Gasteiger partial charge in [0.05, 0.1) is 6.61 Å². The number of nitrogens with zero attached hydrogens (tertiary/aromatic N) is 2. The molecule has 0 amide bonds. The highest BCUT2D eigenvalue weighted by atomic mass is 16.3. The monoisotopic (exact) mass is 243 g/mol. The van der Waals surface area contributed by atoms with Crippen LogP contribution < -0.4 is 5.73 Å². The SMILES string of the molecule is CC1CN(CCCC(C)(N)CO)CC(C)N1C. The smallest absolute Gasteiger partial charge is 0.0608 e. The van der Waals surface area contributed by atoms with Crippen LogP contribution in [-0.2, 0) is 0 Å². The number of piperazine rings is 1. The number of hydrogen-bond donors (Lipinski definition) is 2. The van der Waals surface area contributed by atoms with Crippen molar-refractivity contribution in [1.82, 2.24) is 9.80 Å². The van der Waals surface area contributed by atoms with Crippen LogP contribution in [0.4, 0.5) is 0 Å². The third-order valence-electron chi connectivity index (χ3n) is 4.02. The van der Waals surface area contributed by atoms with Gasteiger partial charge in [0.15, 0.2) is 0 Å². The van der Waals surface area contributed by atoms with Crippen molar-refractivity contribution in [1.29, 1.82) is 0 Å². The number of rotatable bonds is 5. The number of hydrogen-bond acceptors (Lipinski definition) is 4. The lowest BCUT2D eigenvalue weighted by Crippen LogP contribution is -2.55. The van der Waals surface area contributed by atoms with Crippen molar-refractivity contribution in [3.63, 3.8) is 0 Å². The first-order valence-electron chi connectivity index (χ1n) is 6.70. The Hall–Kier alpha value is -0.160. The predicted molar refractivity (Wildman–Crippen MR) is 72.0 cm³/mol. The summed E-state index contributed by atoms with van der Waals surface area (Å²) in [5, 5.41) is 9.10. The molecule has 0 aliphatic carbocycles. The molecule has 3 unspecified atom stereocenters. The van der Waals surface area contributed by atoms with Crippen LogP contribution in [0, 0.1) is 0 Å². The van der Waals surface area contributed by atoms with Crippen molar-refractivity contribution in [2.45, 2.75) is 51.2 Å². The maximum absolute atomic E-state index is 9.10. The lowest BCUT2D eigenvalue weighted by molar-refractivity contribution is 0.0574. The molecule has 0 aromatic rings. The lowest BCUT2D eigenvalue weighted by Gasteiger charge is -2.42. The molecule has 1 aliphatic heterocycles. The first-order valence-corrected chi connectivity index (χ1v) is 6.70. The molecule has 0 aromatic heterocycles. The largest absolute Gasteiger partial charge is 0.394 e. The molecule has 102 valence electrons. The zero-order valence-corrected chi connectivity index (χ0v) is 11.8. The molecule has 1 saturated heterocycles. The van der Waals surface area contributed by atoms with Crippen LogP contribution >= 0.6 is 0 Å². The molecule has 17 heavy (non-hydrogen) atoms. The van der Waals surface area contributed by atoms with Gasteiger partial charge in [0, 0.05) is 30.7 Å². The highest BCUT2D eigenvalue weighted by molar-refractivity contribution is 4.83. The fourth-order valence-corrected chi connectivity index (χ4v) is 2.48. The Balaban J connectivity index is 2.29. The van der Waals surface area contributed by atoms with E-state index < -0.39 is 5.54 Å². The predicted octanol–water partition coefficient (Wildman–Crippen LogP) is 0.501. The Bertz CT molecular complexity index is 221. The fourth-order valence-electron chi connectivity index (χ4n) is 2.48. The molecule has 0 aromatic carbocycles. The number of aliphatic hydroxyl groups excluding tert-OH is 1. The second kappa shape index (κ2) is 6.14. The summed E-state index contributed by atoms with van der Waals surface area (Å²) in [6, 6.07) is 1.25. The number of likely N-dealkylation sites (N-methyl/N-ethyl adjacent to an activating group) is 1. The Kier molecular flexibility index (Phi) is 5.38. The van der Waals surface area contributed by atoms with Gasteiger partial charge in [0.1, 0.15) is 0 Å². The number of aliphatic hydroxyl groups is 1. The van der Waals surface area contributed by atoms with Gasteiger partial charge in [-0.1, -0.05) is 0 Å². The van der Waals surface area contributed by atoms with E-state index in [4.69, 9.17) is 10.8 Å². The average Bonchev–Trinajstić information content (AvgIpc) is 2.25. The zero-order valence-electron chi connectivity index (χ0n) is 11.8. The first-order chi connectivity index (χ1) is 7.85. The minimum absolute atomic E-state index is 0.0720. The van der Waals surface area contributed by atoms with Crippen LogP contribution in [0.5, 0.6) is 0 Å². The first kappa shape index (κ1) is 14.9. The second-order valence-electron chi connectivity index (χ2n) is 6.04.